The van der Waals surface area contributed by atoms with E-state index in [2.05, 4.69) is 50.3 Å². The summed E-state index contributed by atoms with van der Waals surface area (Å²) in [5, 5.41) is 0. The molecule has 0 saturated carbocycles. The molecule has 1 atom stereocenters. The summed E-state index contributed by atoms with van der Waals surface area (Å²) >= 11 is 0. The third kappa shape index (κ3) is 8.89. The fraction of sp³-hybridized carbons (Fsp3) is 0.667. The summed E-state index contributed by atoms with van der Waals surface area (Å²) in [6.45, 7) is 5.86. The second kappa shape index (κ2) is 12.2. The van der Waals surface area contributed by atoms with Crippen molar-refractivity contribution in [3.05, 3.63) is 42.0 Å². The summed E-state index contributed by atoms with van der Waals surface area (Å²) in [4.78, 5) is 0. The lowest BCUT2D eigenvalue weighted by molar-refractivity contribution is 0.201. The van der Waals surface area contributed by atoms with E-state index in [1.54, 1.807) is 0 Å². The van der Waals surface area contributed by atoms with Crippen LogP contribution in [-0.4, -0.2) is 18.8 Å². The number of unbranched alkanes of at least 4 members (excludes halogenated alkanes) is 8. The first-order valence-electron chi connectivity index (χ1n) is 10.7. The summed E-state index contributed by atoms with van der Waals surface area (Å²) in [6.07, 6.45) is 19.1. The molecule has 2 rings (SSSR count). The van der Waals surface area contributed by atoms with E-state index in [1.165, 1.54) is 69.8 Å². The molecule has 1 unspecified atom stereocenters. The molecular formula is C24H38O2. The predicted molar refractivity (Wildman–Crippen MR) is 111 cm³/mol. The number of rotatable bonds is 15. The van der Waals surface area contributed by atoms with Crippen molar-refractivity contribution >= 4 is 0 Å². The lowest BCUT2D eigenvalue weighted by atomic mass is 10.1. The smallest absolute Gasteiger partial charge is 0.123 e. The molecule has 146 valence electrons. The van der Waals surface area contributed by atoms with Gasteiger partial charge in [0.1, 0.15) is 18.0 Å². The van der Waals surface area contributed by atoms with E-state index in [0.717, 1.165) is 18.8 Å². The molecule has 1 aliphatic rings. The van der Waals surface area contributed by atoms with Crippen LogP contribution in [0.3, 0.4) is 0 Å². The van der Waals surface area contributed by atoms with Crippen LogP contribution in [0.2, 0.25) is 0 Å². The third-order valence-electron chi connectivity index (χ3n) is 5.10. The monoisotopic (exact) mass is 358 g/mol. The molecule has 0 spiro atoms. The van der Waals surface area contributed by atoms with Gasteiger partial charge in [-0.1, -0.05) is 69.4 Å². The molecule has 1 aromatic carbocycles. The van der Waals surface area contributed by atoms with Gasteiger partial charge in [-0.05, 0) is 57.1 Å². The molecule has 0 N–H and O–H groups in total. The number of para-hydroxylation sites is 1. The Hall–Kier alpha value is -1.28. The van der Waals surface area contributed by atoms with Gasteiger partial charge in [-0.15, -0.1) is 0 Å². The second-order valence-electron chi connectivity index (χ2n) is 7.91. The minimum absolute atomic E-state index is 0.0477. The van der Waals surface area contributed by atoms with Crippen LogP contribution in [0.5, 0.6) is 5.75 Å². The number of allylic oxidation sites excluding steroid dienone is 2. The SMILES string of the molecule is CCCCCCCC/C=C/CCCCc1ccccc1OCC1(C)CO1. The van der Waals surface area contributed by atoms with Gasteiger partial charge >= 0.3 is 0 Å². The predicted octanol–water partition coefficient (Wildman–Crippen LogP) is 6.87. The Bertz CT molecular complexity index is 517. The van der Waals surface area contributed by atoms with Gasteiger partial charge in [0.05, 0.1) is 6.61 Å². The van der Waals surface area contributed by atoms with Crippen LogP contribution in [0.25, 0.3) is 0 Å². The van der Waals surface area contributed by atoms with Crippen molar-refractivity contribution in [2.45, 2.75) is 90.1 Å². The molecule has 2 nitrogen and oxygen atoms in total. The normalized spacial score (nSPS) is 19.2. The number of aryl methyl sites for hydroxylation is 1. The highest BCUT2D eigenvalue weighted by atomic mass is 16.6. The zero-order valence-corrected chi connectivity index (χ0v) is 17.0. The van der Waals surface area contributed by atoms with Crippen molar-refractivity contribution in [1.29, 1.82) is 0 Å². The van der Waals surface area contributed by atoms with Gasteiger partial charge in [0.15, 0.2) is 0 Å². The zero-order valence-electron chi connectivity index (χ0n) is 17.0. The molecule has 1 fully saturated rings. The van der Waals surface area contributed by atoms with Crippen LogP contribution in [0.15, 0.2) is 36.4 Å². The average molecular weight is 359 g/mol. The number of epoxide rings is 1. The largest absolute Gasteiger partial charge is 0.490 e. The van der Waals surface area contributed by atoms with Gasteiger partial charge in [0.2, 0.25) is 0 Å². The molecule has 1 aromatic rings. The maximum absolute atomic E-state index is 5.98. The highest BCUT2D eigenvalue weighted by Gasteiger charge is 2.40. The Morgan fingerprint density at radius 3 is 2.35 bits per heavy atom. The number of ether oxygens (including phenoxy) is 2. The summed E-state index contributed by atoms with van der Waals surface area (Å²) in [5.74, 6) is 1.03. The van der Waals surface area contributed by atoms with Gasteiger partial charge in [0.25, 0.3) is 0 Å². The molecule has 0 radical (unpaired) electrons. The van der Waals surface area contributed by atoms with Gasteiger partial charge in [-0.2, -0.15) is 0 Å². The summed E-state index contributed by atoms with van der Waals surface area (Å²) < 4.78 is 11.4. The fourth-order valence-electron chi connectivity index (χ4n) is 3.14. The quantitative estimate of drug-likeness (QED) is 0.194. The van der Waals surface area contributed by atoms with Gasteiger partial charge in [0, 0.05) is 0 Å². The average Bonchev–Trinajstić information content (AvgIpc) is 3.39. The number of benzene rings is 1. The van der Waals surface area contributed by atoms with Crippen molar-refractivity contribution in [1.82, 2.24) is 0 Å². The summed E-state index contributed by atoms with van der Waals surface area (Å²) in [7, 11) is 0. The molecule has 2 heteroatoms. The lowest BCUT2D eigenvalue weighted by Gasteiger charge is -2.13. The van der Waals surface area contributed by atoms with E-state index in [4.69, 9.17) is 9.47 Å². The van der Waals surface area contributed by atoms with E-state index in [1.807, 2.05) is 0 Å². The van der Waals surface area contributed by atoms with Gasteiger partial charge in [-0.3, -0.25) is 0 Å². The second-order valence-corrected chi connectivity index (χ2v) is 7.91. The van der Waals surface area contributed by atoms with Crippen molar-refractivity contribution in [3.63, 3.8) is 0 Å². The van der Waals surface area contributed by atoms with E-state index < -0.39 is 0 Å². The van der Waals surface area contributed by atoms with Gasteiger partial charge < -0.3 is 9.47 Å². The molecule has 0 bridgehead atoms. The van der Waals surface area contributed by atoms with Crippen molar-refractivity contribution in [3.8, 4) is 5.75 Å². The maximum atomic E-state index is 5.98. The van der Waals surface area contributed by atoms with Crippen LogP contribution in [0.1, 0.15) is 83.6 Å². The van der Waals surface area contributed by atoms with Crippen LogP contribution >= 0.6 is 0 Å². The van der Waals surface area contributed by atoms with Crippen molar-refractivity contribution < 1.29 is 9.47 Å². The highest BCUT2D eigenvalue weighted by Crippen LogP contribution is 2.28. The van der Waals surface area contributed by atoms with E-state index in [-0.39, 0.29) is 5.60 Å². The Labute approximate surface area is 161 Å². The fourth-order valence-corrected chi connectivity index (χ4v) is 3.14. The zero-order chi connectivity index (χ0) is 18.5. The van der Waals surface area contributed by atoms with Gasteiger partial charge in [-0.25, -0.2) is 0 Å². The highest BCUT2D eigenvalue weighted by molar-refractivity contribution is 5.33. The molecule has 1 heterocycles. The lowest BCUT2D eigenvalue weighted by Crippen LogP contribution is -2.17. The van der Waals surface area contributed by atoms with Crippen LogP contribution < -0.4 is 4.74 Å². The standard InChI is InChI=1S/C24H38O2/c1-3-4-5-6-7-8-9-10-11-12-13-14-17-22-18-15-16-19-23(22)25-20-24(2)21-26-24/h10-11,15-16,18-19H,3-9,12-14,17,20-21H2,1-2H3/b11-10+. The van der Waals surface area contributed by atoms with Crippen LogP contribution in [0.4, 0.5) is 0 Å². The minimum Gasteiger partial charge on any atom is -0.490 e. The minimum atomic E-state index is -0.0477. The summed E-state index contributed by atoms with van der Waals surface area (Å²) in [5.41, 5.74) is 1.28. The summed E-state index contributed by atoms with van der Waals surface area (Å²) in [6, 6.07) is 8.44. The van der Waals surface area contributed by atoms with Crippen molar-refractivity contribution in [2.75, 3.05) is 13.2 Å². The number of hydrogen-bond donors (Lipinski definition) is 0. The van der Waals surface area contributed by atoms with E-state index in [0.29, 0.717) is 6.61 Å². The maximum Gasteiger partial charge on any atom is 0.123 e. The molecule has 0 aliphatic carbocycles. The third-order valence-corrected chi connectivity index (χ3v) is 5.10. The molecule has 1 saturated heterocycles. The van der Waals surface area contributed by atoms with E-state index >= 15 is 0 Å². The Morgan fingerprint density at radius 1 is 0.962 bits per heavy atom. The number of hydrogen-bond acceptors (Lipinski definition) is 2. The molecular weight excluding hydrogens is 320 g/mol. The topological polar surface area (TPSA) is 21.8 Å². The van der Waals surface area contributed by atoms with E-state index in [9.17, 15) is 0 Å². The Kier molecular flexibility index (Phi) is 9.84. The Balaban J connectivity index is 1.52. The first-order valence-corrected chi connectivity index (χ1v) is 10.7. The van der Waals surface area contributed by atoms with Crippen molar-refractivity contribution in [2.24, 2.45) is 0 Å². The molecule has 0 aromatic heterocycles. The molecule has 0 amide bonds. The van der Waals surface area contributed by atoms with Crippen LogP contribution in [0, 0.1) is 0 Å². The first kappa shape index (κ1) is 21.0. The molecule has 26 heavy (non-hydrogen) atoms. The molecule has 1 aliphatic heterocycles. The first-order chi connectivity index (χ1) is 12.7. The van der Waals surface area contributed by atoms with Crippen LogP contribution in [-0.2, 0) is 11.2 Å². The Morgan fingerprint density at radius 2 is 1.62 bits per heavy atom.